The largest absolute Gasteiger partial charge is 0.473 e. The number of hydrogen-bond acceptors (Lipinski definition) is 6. The third kappa shape index (κ3) is 6.10. The molecule has 2 aromatic heterocycles. The van der Waals surface area contributed by atoms with Crippen LogP contribution in [0.15, 0.2) is 60.9 Å². The van der Waals surface area contributed by atoms with Crippen molar-refractivity contribution in [3.8, 4) is 5.88 Å². The maximum absolute atomic E-state index is 12.5. The Morgan fingerprint density at radius 2 is 1.83 bits per heavy atom. The van der Waals surface area contributed by atoms with Crippen molar-refractivity contribution in [3.63, 3.8) is 0 Å². The summed E-state index contributed by atoms with van der Waals surface area (Å²) in [6.07, 6.45) is 3.40. The molecule has 7 heteroatoms. The van der Waals surface area contributed by atoms with Gasteiger partial charge >= 0.3 is 0 Å². The first-order chi connectivity index (χ1) is 14.2. The van der Waals surface area contributed by atoms with Crippen LogP contribution in [0.2, 0.25) is 0 Å². The van der Waals surface area contributed by atoms with Gasteiger partial charge in [0.05, 0.1) is 24.6 Å². The molecule has 0 fully saturated rings. The molecule has 0 aliphatic rings. The number of carbonyl (C=O) groups excluding carboxylic acids is 1. The summed E-state index contributed by atoms with van der Waals surface area (Å²) in [7, 11) is 0. The number of ether oxygens (including phenoxy) is 2. The highest BCUT2D eigenvalue weighted by atomic mass is 16.5. The van der Waals surface area contributed by atoms with E-state index >= 15 is 0 Å². The molecule has 0 saturated heterocycles. The molecule has 7 nitrogen and oxygen atoms in total. The van der Waals surface area contributed by atoms with Crippen LogP contribution in [0, 0.1) is 6.92 Å². The zero-order valence-corrected chi connectivity index (χ0v) is 16.3. The molecule has 0 spiro atoms. The van der Waals surface area contributed by atoms with E-state index in [1.807, 2.05) is 43.3 Å². The van der Waals surface area contributed by atoms with Gasteiger partial charge in [0, 0.05) is 25.0 Å². The van der Waals surface area contributed by atoms with Crippen molar-refractivity contribution in [1.82, 2.24) is 15.3 Å². The second-order valence-electron chi connectivity index (χ2n) is 6.47. The van der Waals surface area contributed by atoms with Gasteiger partial charge in [-0.25, -0.2) is 4.98 Å². The molecule has 3 N–H and O–H groups in total. The molecule has 0 atom stereocenters. The Hall–Kier alpha value is -3.29. The van der Waals surface area contributed by atoms with Gasteiger partial charge in [-0.1, -0.05) is 30.3 Å². The molecule has 1 amide bonds. The number of aromatic nitrogens is 2. The molecular weight excluding hydrogens is 368 g/mol. The Morgan fingerprint density at radius 1 is 1.03 bits per heavy atom. The number of nitrogens with zero attached hydrogens (tertiary/aromatic N) is 2. The van der Waals surface area contributed by atoms with Crippen molar-refractivity contribution in [1.29, 1.82) is 0 Å². The van der Waals surface area contributed by atoms with Crippen LogP contribution in [-0.4, -0.2) is 22.6 Å². The van der Waals surface area contributed by atoms with Gasteiger partial charge in [0.2, 0.25) is 5.88 Å². The van der Waals surface area contributed by atoms with Crippen molar-refractivity contribution < 1.29 is 14.3 Å². The van der Waals surface area contributed by atoms with Gasteiger partial charge < -0.3 is 20.5 Å². The van der Waals surface area contributed by atoms with Crippen LogP contribution >= 0.6 is 0 Å². The zero-order chi connectivity index (χ0) is 20.5. The van der Waals surface area contributed by atoms with Gasteiger partial charge in [-0.15, -0.1) is 0 Å². The van der Waals surface area contributed by atoms with E-state index in [1.165, 1.54) is 0 Å². The Labute approximate surface area is 169 Å². The first-order valence-electron chi connectivity index (χ1n) is 9.29. The fraction of sp³-hybridized carbons (Fsp3) is 0.227. The Morgan fingerprint density at radius 3 is 2.55 bits per heavy atom. The van der Waals surface area contributed by atoms with E-state index in [0.29, 0.717) is 30.3 Å². The van der Waals surface area contributed by atoms with Crippen LogP contribution in [0.3, 0.4) is 0 Å². The lowest BCUT2D eigenvalue weighted by molar-refractivity contribution is 0.0936. The third-order valence-electron chi connectivity index (χ3n) is 4.24. The van der Waals surface area contributed by atoms with Crippen LogP contribution in [-0.2, 0) is 24.5 Å². The molecule has 1 aromatic carbocycles. The summed E-state index contributed by atoms with van der Waals surface area (Å²) >= 11 is 0. The second-order valence-corrected chi connectivity index (χ2v) is 6.47. The standard InChI is InChI=1S/C22H24N4O3/c1-16-4-9-21(25-11-16)29-13-18-7-5-17(6-8-18)12-26-22(27)19-3-2-10-24-20(19)14-28-15-23/h2-11H,12-15,23H2,1H3,(H,26,27). The zero-order valence-electron chi connectivity index (χ0n) is 16.3. The van der Waals surface area contributed by atoms with Gasteiger partial charge in [-0.05, 0) is 35.7 Å². The van der Waals surface area contributed by atoms with Gasteiger partial charge in [0.25, 0.3) is 5.91 Å². The average Bonchev–Trinajstić information content (AvgIpc) is 2.76. The lowest BCUT2D eigenvalue weighted by Gasteiger charge is -2.10. The number of benzene rings is 1. The summed E-state index contributed by atoms with van der Waals surface area (Å²) in [5.74, 6) is 0.393. The number of pyridine rings is 2. The molecule has 0 saturated carbocycles. The minimum atomic E-state index is -0.202. The van der Waals surface area contributed by atoms with E-state index in [2.05, 4.69) is 15.3 Å². The summed E-state index contributed by atoms with van der Waals surface area (Å²) < 4.78 is 10.8. The first-order valence-corrected chi connectivity index (χ1v) is 9.29. The molecule has 3 aromatic rings. The number of hydrogen-bond donors (Lipinski definition) is 2. The molecule has 0 aliphatic carbocycles. The molecule has 2 heterocycles. The minimum Gasteiger partial charge on any atom is -0.473 e. The smallest absolute Gasteiger partial charge is 0.253 e. The average molecular weight is 392 g/mol. The number of aryl methyl sites for hydroxylation is 1. The SMILES string of the molecule is Cc1ccc(OCc2ccc(CNC(=O)c3cccnc3COCN)cc2)nc1. The quantitative estimate of drug-likeness (QED) is 0.543. The number of nitrogens with two attached hydrogens (primary N) is 1. The molecule has 0 radical (unpaired) electrons. The van der Waals surface area contributed by atoms with Crippen molar-refractivity contribution in [2.45, 2.75) is 26.7 Å². The van der Waals surface area contributed by atoms with Crippen LogP contribution in [0.1, 0.15) is 32.7 Å². The molecule has 150 valence electrons. The maximum atomic E-state index is 12.5. The summed E-state index contributed by atoms with van der Waals surface area (Å²) in [6, 6.07) is 15.1. The predicted molar refractivity (Wildman–Crippen MR) is 109 cm³/mol. The Kier molecular flexibility index (Phi) is 7.27. The van der Waals surface area contributed by atoms with Gasteiger partial charge in [0.1, 0.15) is 6.61 Å². The first kappa shape index (κ1) is 20.4. The van der Waals surface area contributed by atoms with Crippen molar-refractivity contribution in [2.75, 3.05) is 6.73 Å². The van der Waals surface area contributed by atoms with E-state index in [-0.39, 0.29) is 19.2 Å². The van der Waals surface area contributed by atoms with Crippen molar-refractivity contribution in [2.24, 2.45) is 5.73 Å². The van der Waals surface area contributed by atoms with E-state index in [4.69, 9.17) is 15.2 Å². The minimum absolute atomic E-state index is 0.0771. The lowest BCUT2D eigenvalue weighted by Crippen LogP contribution is -2.24. The molecular formula is C22H24N4O3. The highest BCUT2D eigenvalue weighted by molar-refractivity contribution is 5.95. The molecule has 3 rings (SSSR count). The molecule has 0 unspecified atom stereocenters. The van der Waals surface area contributed by atoms with Crippen molar-refractivity contribution in [3.05, 3.63) is 88.9 Å². The van der Waals surface area contributed by atoms with Gasteiger partial charge in [-0.3, -0.25) is 9.78 Å². The topological polar surface area (TPSA) is 99.4 Å². The molecule has 29 heavy (non-hydrogen) atoms. The number of carbonyl (C=O) groups is 1. The number of rotatable bonds is 9. The second kappa shape index (κ2) is 10.3. The van der Waals surface area contributed by atoms with Gasteiger partial charge in [-0.2, -0.15) is 0 Å². The highest BCUT2D eigenvalue weighted by Gasteiger charge is 2.12. The fourth-order valence-electron chi connectivity index (χ4n) is 2.64. The lowest BCUT2D eigenvalue weighted by atomic mass is 10.1. The van der Waals surface area contributed by atoms with E-state index in [9.17, 15) is 4.79 Å². The van der Waals surface area contributed by atoms with E-state index in [1.54, 1.807) is 24.5 Å². The number of amides is 1. The fourth-order valence-corrected chi connectivity index (χ4v) is 2.64. The number of nitrogens with one attached hydrogen (secondary N) is 1. The van der Waals surface area contributed by atoms with Crippen LogP contribution in [0.4, 0.5) is 0 Å². The monoisotopic (exact) mass is 392 g/mol. The predicted octanol–water partition coefficient (Wildman–Crippen LogP) is 2.73. The Bertz CT molecular complexity index is 928. The van der Waals surface area contributed by atoms with Crippen molar-refractivity contribution >= 4 is 5.91 Å². The van der Waals surface area contributed by atoms with Crippen LogP contribution in [0.5, 0.6) is 5.88 Å². The molecule has 0 bridgehead atoms. The van der Waals surface area contributed by atoms with E-state index < -0.39 is 0 Å². The maximum Gasteiger partial charge on any atom is 0.253 e. The molecule has 0 aliphatic heterocycles. The van der Waals surface area contributed by atoms with Gasteiger partial charge in [0.15, 0.2) is 0 Å². The Balaban J connectivity index is 1.52. The van der Waals surface area contributed by atoms with Crippen LogP contribution < -0.4 is 15.8 Å². The summed E-state index contributed by atoms with van der Waals surface area (Å²) in [4.78, 5) is 20.9. The summed E-state index contributed by atoms with van der Waals surface area (Å²) in [6.45, 7) is 3.10. The third-order valence-corrected chi connectivity index (χ3v) is 4.24. The normalized spacial score (nSPS) is 10.6. The summed E-state index contributed by atoms with van der Waals surface area (Å²) in [5.41, 5.74) is 9.49. The van der Waals surface area contributed by atoms with Crippen LogP contribution in [0.25, 0.3) is 0 Å². The van der Waals surface area contributed by atoms with E-state index in [0.717, 1.165) is 16.7 Å². The summed E-state index contributed by atoms with van der Waals surface area (Å²) in [5, 5.41) is 2.91. The highest BCUT2D eigenvalue weighted by Crippen LogP contribution is 2.12.